The van der Waals surface area contributed by atoms with Crippen molar-refractivity contribution in [1.29, 1.82) is 0 Å². The quantitative estimate of drug-likeness (QED) is 0.110. The van der Waals surface area contributed by atoms with E-state index in [2.05, 4.69) is 20.6 Å². The molecule has 238 valence electrons. The summed E-state index contributed by atoms with van der Waals surface area (Å²) in [4.78, 5) is 36.3. The summed E-state index contributed by atoms with van der Waals surface area (Å²) in [7, 11) is 0. The summed E-state index contributed by atoms with van der Waals surface area (Å²) in [5.41, 5.74) is 13.6. The van der Waals surface area contributed by atoms with Gasteiger partial charge in [-0.1, -0.05) is 36.4 Å². The van der Waals surface area contributed by atoms with Gasteiger partial charge in [-0.15, -0.1) is 0 Å². The SMILES string of the molecule is CC(N)c1ccc(O)cc1.[Zn]=[CH]/C=C\c1[c-]c2nc3nc(nc4[nH]c(nc5nc(nc1[nH]2)-c1ccccc1-5)c1ccccc41)-c1ccccc1-3. The van der Waals surface area contributed by atoms with E-state index in [4.69, 9.17) is 40.7 Å². The number of phenolic OH excluding ortho intramolecular Hbond substituents is 1. The molecule has 0 fully saturated rings. The molecule has 0 spiro atoms. The Balaban J connectivity index is 0.000000313. The van der Waals surface area contributed by atoms with Crippen molar-refractivity contribution < 1.29 is 23.0 Å². The predicted octanol–water partition coefficient (Wildman–Crippen LogP) is 7.29. The van der Waals surface area contributed by atoms with Gasteiger partial charge in [-0.25, -0.2) is 0 Å². The number of aromatic nitrogens is 8. The van der Waals surface area contributed by atoms with E-state index in [1.54, 1.807) is 12.1 Å². The molecule has 0 saturated carbocycles. The van der Waals surface area contributed by atoms with Crippen LogP contribution in [0.4, 0.5) is 0 Å². The number of benzene rings is 4. The first-order valence-electron chi connectivity index (χ1n) is 16.0. The Bertz CT molecular complexity index is 2620. The summed E-state index contributed by atoms with van der Waals surface area (Å²) in [6.07, 6.45) is 3.98. The van der Waals surface area contributed by atoms with Crippen molar-refractivity contribution in [1.82, 2.24) is 39.9 Å². The topological polar surface area (TPSA) is 155 Å². The van der Waals surface area contributed by atoms with Gasteiger partial charge in [0.25, 0.3) is 0 Å². The average molecular weight is 704 g/mol. The van der Waals surface area contributed by atoms with Gasteiger partial charge in [-0.3, -0.25) is 0 Å². The number of allylic oxidation sites excluding steroid dienone is 1. The van der Waals surface area contributed by atoms with E-state index in [1.807, 2.05) is 104 Å². The summed E-state index contributed by atoms with van der Waals surface area (Å²) in [5, 5.41) is 10.8. The van der Waals surface area contributed by atoms with Gasteiger partial charge in [-0.05, 0) is 24.6 Å². The summed E-state index contributed by atoms with van der Waals surface area (Å²) >= 11 is 1.05. The van der Waals surface area contributed by atoms with Crippen LogP contribution in [0.25, 0.3) is 85.0 Å². The fraction of sp³-hybridized carbons (Fsp3) is 0.0513. The molecule has 3 aromatic heterocycles. The van der Waals surface area contributed by atoms with Crippen LogP contribution < -0.4 is 5.73 Å². The van der Waals surface area contributed by atoms with Crippen LogP contribution >= 0.6 is 0 Å². The zero-order valence-electron chi connectivity index (χ0n) is 27.0. The molecule has 0 aliphatic carbocycles. The molecule has 0 amide bonds. The minimum absolute atomic E-state index is 0.0422. The second kappa shape index (κ2) is 13.1. The first kappa shape index (κ1) is 31.3. The molecule has 11 heteroatoms. The zero-order valence-corrected chi connectivity index (χ0v) is 29.9. The molecule has 4 aromatic carbocycles. The zero-order chi connectivity index (χ0) is 34.2. The number of rotatable bonds is 3. The summed E-state index contributed by atoms with van der Waals surface area (Å²) < 4.78 is 2.08. The van der Waals surface area contributed by atoms with Gasteiger partial charge in [0, 0.05) is 11.4 Å². The summed E-state index contributed by atoms with van der Waals surface area (Å²) in [5.74, 6) is 2.59. The van der Waals surface area contributed by atoms with Crippen LogP contribution in [0, 0.1) is 6.07 Å². The van der Waals surface area contributed by atoms with Crippen LogP contribution in [-0.4, -0.2) is 49.6 Å². The van der Waals surface area contributed by atoms with E-state index in [0.29, 0.717) is 45.9 Å². The average Bonchev–Trinajstić information content (AvgIpc) is 3.88. The Morgan fingerprint density at radius 3 is 1.62 bits per heavy atom. The third kappa shape index (κ3) is 5.93. The molecular weight excluding hydrogens is 676 g/mol. The van der Waals surface area contributed by atoms with Crippen LogP contribution in [0.3, 0.4) is 0 Å². The molecule has 0 saturated heterocycles. The predicted molar refractivity (Wildman–Crippen MR) is 193 cm³/mol. The second-order valence-electron chi connectivity index (χ2n) is 11.8. The van der Waals surface area contributed by atoms with E-state index in [1.165, 1.54) is 0 Å². The fourth-order valence-electron chi connectivity index (χ4n) is 5.88. The van der Waals surface area contributed by atoms with Crippen LogP contribution in [0.1, 0.15) is 24.1 Å². The van der Waals surface area contributed by atoms with Crippen LogP contribution in [0.15, 0.2) is 103 Å². The number of nitrogens with one attached hydrogen (secondary N) is 2. The summed E-state index contributed by atoms with van der Waals surface area (Å²) in [6.45, 7) is 1.91. The van der Waals surface area contributed by atoms with Crippen molar-refractivity contribution in [2.24, 2.45) is 5.73 Å². The van der Waals surface area contributed by atoms with Crippen molar-refractivity contribution in [3.8, 4) is 51.3 Å². The minimum atomic E-state index is 0.0422. The monoisotopic (exact) mass is 702 g/mol. The number of H-pyrrole nitrogens is 2. The van der Waals surface area contributed by atoms with Gasteiger partial charge in [0.1, 0.15) is 5.75 Å². The van der Waals surface area contributed by atoms with Crippen LogP contribution in [-0.2, 0) is 17.9 Å². The Hall–Kier alpha value is -6.03. The number of nitrogens with two attached hydrogens (primary N) is 1. The Morgan fingerprint density at radius 2 is 1.12 bits per heavy atom. The maximum absolute atomic E-state index is 8.90. The van der Waals surface area contributed by atoms with Crippen molar-refractivity contribution in [2.75, 3.05) is 0 Å². The molecule has 10 nitrogen and oxygen atoms in total. The third-order valence-corrected chi connectivity index (χ3v) is 8.92. The molecule has 1 atom stereocenters. The van der Waals surface area contributed by atoms with E-state index in [0.717, 1.165) is 62.0 Å². The number of fused-ring (bicyclic) bond motifs is 17. The number of nitrogens with zero attached hydrogens (tertiary/aromatic N) is 6. The van der Waals surface area contributed by atoms with Crippen molar-refractivity contribution in [3.05, 3.63) is 120 Å². The van der Waals surface area contributed by atoms with Gasteiger partial charge in [0.05, 0.1) is 0 Å². The van der Waals surface area contributed by atoms with E-state index in [-0.39, 0.29) is 11.8 Å². The van der Waals surface area contributed by atoms with E-state index in [9.17, 15) is 0 Å². The number of phenols is 1. The second-order valence-corrected chi connectivity index (χ2v) is 12.7. The third-order valence-electron chi connectivity index (χ3n) is 8.35. The molecule has 1 unspecified atom stereocenters. The van der Waals surface area contributed by atoms with Gasteiger partial charge < -0.3 is 10.8 Å². The van der Waals surface area contributed by atoms with E-state index < -0.39 is 0 Å². The fourth-order valence-corrected chi connectivity index (χ4v) is 6.16. The Kier molecular flexibility index (Phi) is 8.20. The van der Waals surface area contributed by atoms with Crippen LogP contribution in [0.5, 0.6) is 5.75 Å². The number of hydrogen-bond donors (Lipinski definition) is 4. The molecule has 0 radical (unpaired) electrons. The van der Waals surface area contributed by atoms with Crippen molar-refractivity contribution in [3.63, 3.8) is 0 Å². The normalized spacial score (nSPS) is 12.2. The number of aromatic hydroxyl groups is 1. The Labute approximate surface area is 296 Å². The van der Waals surface area contributed by atoms with E-state index >= 15 is 0 Å². The van der Waals surface area contributed by atoms with Gasteiger partial charge >= 0.3 is 208 Å². The number of aromatic amines is 2. The Morgan fingerprint density at radius 1 is 0.640 bits per heavy atom. The molecule has 5 heterocycles. The molecule has 5 N–H and O–H groups in total. The summed E-state index contributed by atoms with van der Waals surface area (Å²) in [6, 6.07) is 34.4. The molecule has 2 aliphatic heterocycles. The molecular formula is C39H28N9OZn-. The molecule has 2 aliphatic rings. The maximum atomic E-state index is 8.90. The molecule has 7 aromatic rings. The first-order valence-corrected chi connectivity index (χ1v) is 17.7. The van der Waals surface area contributed by atoms with Crippen LogP contribution in [0.2, 0.25) is 0 Å². The first-order chi connectivity index (χ1) is 24.4. The van der Waals surface area contributed by atoms with Crippen molar-refractivity contribution in [2.45, 2.75) is 13.0 Å². The standard InChI is InChI=1S/C31H17N8.C8H11NO.Zn/c1-2-9-17-16-24-32-25(17)34-27-20-12-5-6-13-21(20)29(36-27)38-31-23-15-8-7-14-22(23)30(39-31)37-28-19-11-4-3-10-18(19)26(33-24)35-28;1-6(9)7-2-4-8(10)5-3-7;/h1-15H,(H2,32,33,34,35,36,37,38,39);2-6,10H,9H2,1H3;/q-1;;/b9-2-;;. The molecule has 8 bridgehead atoms. The van der Waals surface area contributed by atoms with Gasteiger partial charge in [0.15, 0.2) is 0 Å². The van der Waals surface area contributed by atoms with Gasteiger partial charge in [0.2, 0.25) is 0 Å². The van der Waals surface area contributed by atoms with Gasteiger partial charge in [-0.2, -0.15) is 0 Å². The van der Waals surface area contributed by atoms with Crippen molar-refractivity contribution >= 4 is 44.0 Å². The number of hydrogen-bond acceptors (Lipinski definition) is 8. The molecule has 50 heavy (non-hydrogen) atoms. The molecule has 9 rings (SSSR count).